The Morgan fingerprint density at radius 3 is 1.85 bits per heavy atom. The van der Waals surface area contributed by atoms with Gasteiger partial charge in [-0.25, -0.2) is 9.59 Å². The van der Waals surface area contributed by atoms with Crippen LogP contribution in [0.2, 0.25) is 0 Å². The van der Waals surface area contributed by atoms with Gasteiger partial charge >= 0.3 is 12.1 Å². The first-order valence-electron chi connectivity index (χ1n) is 14.6. The average molecular weight is 551 g/mol. The lowest BCUT2D eigenvalue weighted by atomic mass is 10.1. The van der Waals surface area contributed by atoms with Gasteiger partial charge in [-0.1, -0.05) is 71.6 Å². The van der Waals surface area contributed by atoms with Crippen LogP contribution in [0.5, 0.6) is 23.2 Å². The Labute approximate surface area is 237 Å². The molecule has 0 spiro atoms. The molecule has 1 heterocycles. The molecule has 0 amide bonds. The molecule has 0 bridgehead atoms. The first-order valence-corrected chi connectivity index (χ1v) is 14.6. The molecule has 3 aromatic rings. The molecule has 0 atom stereocenters. The summed E-state index contributed by atoms with van der Waals surface area (Å²) < 4.78 is 27.0. The van der Waals surface area contributed by atoms with E-state index in [-0.39, 0.29) is 11.7 Å². The second kappa shape index (κ2) is 17.8. The van der Waals surface area contributed by atoms with Gasteiger partial charge in [-0.05, 0) is 67.4 Å². The van der Waals surface area contributed by atoms with Crippen LogP contribution in [-0.2, 0) is 6.42 Å². The number of ether oxygens (including phenoxy) is 4. The molecule has 3 rings (SSSR count). The Morgan fingerprint density at radius 1 is 0.600 bits per heavy atom. The van der Waals surface area contributed by atoms with Gasteiger partial charge in [0.25, 0.3) is 5.95 Å². The molecule has 0 radical (unpaired) electrons. The maximum absolute atomic E-state index is 12.5. The molecule has 7 heteroatoms. The van der Waals surface area contributed by atoms with Crippen LogP contribution in [0.25, 0.3) is 0 Å². The van der Waals surface area contributed by atoms with Crippen LogP contribution in [0, 0.1) is 0 Å². The normalized spacial score (nSPS) is 10.8. The standard InChI is InChI=1S/C33H42O7/c1-3-5-7-8-9-10-11-13-25-36-27-17-15-26(16-18-27)32(34)38-29-19-21-30(22-20-29)39-33(35)40-31-24-23-28(37-31)14-12-6-4-2/h15-24H,3-14,25H2,1-2H3. The van der Waals surface area contributed by atoms with Crippen molar-refractivity contribution in [3.8, 4) is 23.2 Å². The van der Waals surface area contributed by atoms with Crippen LogP contribution in [0.3, 0.4) is 0 Å². The molecule has 0 aliphatic rings. The molecule has 0 unspecified atom stereocenters. The molecule has 2 aromatic carbocycles. The van der Waals surface area contributed by atoms with Gasteiger partial charge in [0.2, 0.25) is 0 Å². The van der Waals surface area contributed by atoms with Gasteiger partial charge < -0.3 is 23.4 Å². The molecule has 0 aliphatic carbocycles. The summed E-state index contributed by atoms with van der Waals surface area (Å²) in [5, 5.41) is 0. The van der Waals surface area contributed by atoms with Crippen molar-refractivity contribution in [3.63, 3.8) is 0 Å². The van der Waals surface area contributed by atoms with Crippen molar-refractivity contribution >= 4 is 12.1 Å². The molecular formula is C33H42O7. The Bertz CT molecular complexity index is 1130. The van der Waals surface area contributed by atoms with Crippen LogP contribution in [0.1, 0.15) is 101 Å². The fourth-order valence-electron chi connectivity index (χ4n) is 4.15. The third kappa shape index (κ3) is 11.6. The van der Waals surface area contributed by atoms with Gasteiger partial charge in [-0.3, -0.25) is 0 Å². The largest absolute Gasteiger partial charge is 0.521 e. The van der Waals surface area contributed by atoms with E-state index in [4.69, 9.17) is 23.4 Å². The quantitative estimate of drug-likeness (QED) is 0.0675. The van der Waals surface area contributed by atoms with Crippen LogP contribution in [0.4, 0.5) is 4.79 Å². The van der Waals surface area contributed by atoms with Crippen molar-refractivity contribution in [2.75, 3.05) is 6.61 Å². The van der Waals surface area contributed by atoms with Crippen molar-refractivity contribution < 1.29 is 33.0 Å². The second-order valence-corrected chi connectivity index (χ2v) is 9.84. The fourth-order valence-corrected chi connectivity index (χ4v) is 4.15. The number of hydrogen-bond donors (Lipinski definition) is 0. The number of benzene rings is 2. The highest BCUT2D eigenvalue weighted by Gasteiger charge is 2.13. The number of aryl methyl sites for hydroxylation is 1. The van der Waals surface area contributed by atoms with Crippen molar-refractivity contribution in [2.24, 2.45) is 0 Å². The highest BCUT2D eigenvalue weighted by atomic mass is 16.8. The lowest BCUT2D eigenvalue weighted by Gasteiger charge is -2.08. The second-order valence-electron chi connectivity index (χ2n) is 9.84. The number of hydrogen-bond acceptors (Lipinski definition) is 7. The van der Waals surface area contributed by atoms with Crippen molar-refractivity contribution in [2.45, 2.75) is 90.9 Å². The maximum Gasteiger partial charge on any atom is 0.521 e. The number of carbonyl (C=O) groups excluding carboxylic acids is 2. The number of rotatable bonds is 18. The predicted octanol–water partition coefficient (Wildman–Crippen LogP) is 9.33. The summed E-state index contributed by atoms with van der Waals surface area (Å²) in [6.45, 7) is 5.04. The molecule has 0 saturated carbocycles. The van der Waals surface area contributed by atoms with E-state index in [1.54, 1.807) is 48.5 Å². The monoisotopic (exact) mass is 550 g/mol. The third-order valence-electron chi connectivity index (χ3n) is 6.44. The zero-order valence-electron chi connectivity index (χ0n) is 23.8. The van der Waals surface area contributed by atoms with E-state index in [2.05, 4.69) is 13.8 Å². The zero-order valence-corrected chi connectivity index (χ0v) is 23.8. The van der Waals surface area contributed by atoms with Crippen LogP contribution in [0.15, 0.2) is 65.1 Å². The first kappa shape index (κ1) is 30.8. The van der Waals surface area contributed by atoms with Gasteiger partial charge in [0, 0.05) is 12.5 Å². The summed E-state index contributed by atoms with van der Waals surface area (Å²) in [6, 6.07) is 16.4. The first-order chi connectivity index (χ1) is 19.6. The third-order valence-corrected chi connectivity index (χ3v) is 6.44. The lowest BCUT2D eigenvalue weighted by molar-refractivity contribution is 0.0734. The SMILES string of the molecule is CCCCCCCCCCOc1ccc(C(=O)Oc2ccc(OC(=O)Oc3ccc(CCCCC)o3)cc2)cc1. The summed E-state index contributed by atoms with van der Waals surface area (Å²) in [5.74, 6) is 1.67. The molecule has 1 aromatic heterocycles. The van der Waals surface area contributed by atoms with E-state index in [0.29, 0.717) is 17.9 Å². The molecule has 0 aliphatic heterocycles. The topological polar surface area (TPSA) is 84.2 Å². The van der Waals surface area contributed by atoms with E-state index in [0.717, 1.165) is 43.6 Å². The Morgan fingerprint density at radius 2 is 1.18 bits per heavy atom. The van der Waals surface area contributed by atoms with E-state index in [1.807, 2.05) is 0 Å². The Kier molecular flexibility index (Phi) is 13.7. The highest BCUT2D eigenvalue weighted by molar-refractivity contribution is 5.91. The minimum Gasteiger partial charge on any atom is -0.494 e. The van der Waals surface area contributed by atoms with Crippen LogP contribution < -0.4 is 18.9 Å². The van der Waals surface area contributed by atoms with E-state index < -0.39 is 12.1 Å². The van der Waals surface area contributed by atoms with Crippen molar-refractivity contribution in [3.05, 3.63) is 72.0 Å². The number of furan rings is 1. The van der Waals surface area contributed by atoms with Crippen molar-refractivity contribution in [1.82, 2.24) is 0 Å². The molecular weight excluding hydrogens is 508 g/mol. The van der Waals surface area contributed by atoms with Gasteiger partial charge in [-0.2, -0.15) is 0 Å². The van der Waals surface area contributed by atoms with Gasteiger partial charge in [0.05, 0.1) is 12.2 Å². The maximum atomic E-state index is 12.5. The summed E-state index contributed by atoms with van der Waals surface area (Å²) >= 11 is 0. The molecule has 0 saturated heterocycles. The minimum absolute atomic E-state index is 0.0895. The molecule has 40 heavy (non-hydrogen) atoms. The number of carbonyl (C=O) groups is 2. The smallest absolute Gasteiger partial charge is 0.494 e. The molecule has 7 nitrogen and oxygen atoms in total. The molecule has 0 fully saturated rings. The predicted molar refractivity (Wildman–Crippen MR) is 155 cm³/mol. The van der Waals surface area contributed by atoms with Gasteiger partial charge in [-0.15, -0.1) is 0 Å². The van der Waals surface area contributed by atoms with Crippen molar-refractivity contribution in [1.29, 1.82) is 0 Å². The summed E-state index contributed by atoms with van der Waals surface area (Å²) in [4.78, 5) is 24.6. The average Bonchev–Trinajstić information content (AvgIpc) is 3.40. The fraction of sp³-hybridized carbons (Fsp3) is 0.455. The van der Waals surface area contributed by atoms with Crippen LogP contribution in [-0.4, -0.2) is 18.7 Å². The Balaban J connectivity index is 1.35. The summed E-state index contributed by atoms with van der Waals surface area (Å²) in [5.41, 5.74) is 0.413. The number of unbranched alkanes of at least 4 members (excludes halogenated alkanes) is 9. The zero-order chi connectivity index (χ0) is 28.4. The highest BCUT2D eigenvalue weighted by Crippen LogP contribution is 2.22. The summed E-state index contributed by atoms with van der Waals surface area (Å²) in [7, 11) is 0. The van der Waals surface area contributed by atoms with Gasteiger partial charge in [0.15, 0.2) is 0 Å². The summed E-state index contributed by atoms with van der Waals surface area (Å²) in [6.07, 6.45) is 13.2. The van der Waals surface area contributed by atoms with E-state index >= 15 is 0 Å². The molecule has 0 N–H and O–H groups in total. The van der Waals surface area contributed by atoms with Gasteiger partial charge in [0.1, 0.15) is 23.0 Å². The van der Waals surface area contributed by atoms with E-state index in [9.17, 15) is 9.59 Å². The van der Waals surface area contributed by atoms with Crippen LogP contribution >= 0.6 is 0 Å². The number of esters is 1. The Hall–Kier alpha value is -3.74. The minimum atomic E-state index is -0.913. The van der Waals surface area contributed by atoms with E-state index in [1.165, 1.54) is 57.1 Å². The lowest BCUT2D eigenvalue weighted by Crippen LogP contribution is -2.13. The molecule has 216 valence electrons.